The fourth-order valence-corrected chi connectivity index (χ4v) is 4.01. The van der Waals surface area contributed by atoms with Crippen molar-refractivity contribution < 1.29 is 13.9 Å². The molecule has 3 nitrogen and oxygen atoms in total. The van der Waals surface area contributed by atoms with Gasteiger partial charge in [0.25, 0.3) is 5.91 Å². The van der Waals surface area contributed by atoms with Gasteiger partial charge in [-0.2, -0.15) is 0 Å². The Hall–Kier alpha value is -1.52. The largest absolute Gasteiger partial charge is 0.479 e. The predicted molar refractivity (Wildman–Crippen MR) is 107 cm³/mol. The number of allylic oxidation sites excluding steroid dienone is 3. The first kappa shape index (κ1) is 20.2. The average molecular weight is 412 g/mol. The summed E-state index contributed by atoms with van der Waals surface area (Å²) in [7, 11) is 0. The summed E-state index contributed by atoms with van der Waals surface area (Å²) in [4.78, 5) is 12.9. The highest BCUT2D eigenvalue weighted by molar-refractivity contribution is 6.35. The Bertz CT molecular complexity index is 746. The second kappa shape index (κ2) is 9.11. The van der Waals surface area contributed by atoms with E-state index in [4.69, 9.17) is 27.9 Å². The SMILES string of the molecule is CCC(Oc1ccc(Cl)cc1Cl)C(=O)NC(C1C=CC(F)=CC1)C1CCC1. The van der Waals surface area contributed by atoms with E-state index < -0.39 is 6.10 Å². The van der Waals surface area contributed by atoms with Crippen molar-refractivity contribution in [1.82, 2.24) is 5.32 Å². The van der Waals surface area contributed by atoms with Gasteiger partial charge < -0.3 is 10.1 Å². The molecule has 1 amide bonds. The van der Waals surface area contributed by atoms with Crippen molar-refractivity contribution in [2.45, 2.75) is 51.2 Å². The lowest BCUT2D eigenvalue weighted by Gasteiger charge is -2.39. The van der Waals surface area contributed by atoms with Crippen LogP contribution in [0.15, 0.2) is 42.3 Å². The molecule has 3 unspecified atom stereocenters. The zero-order valence-corrected chi connectivity index (χ0v) is 16.8. The summed E-state index contributed by atoms with van der Waals surface area (Å²) < 4.78 is 19.2. The molecule has 0 radical (unpaired) electrons. The summed E-state index contributed by atoms with van der Waals surface area (Å²) in [5, 5.41) is 4.06. The Morgan fingerprint density at radius 3 is 2.70 bits per heavy atom. The predicted octanol–water partition coefficient (Wildman–Crippen LogP) is 5.87. The van der Waals surface area contributed by atoms with Crippen molar-refractivity contribution in [1.29, 1.82) is 0 Å². The molecule has 0 bridgehead atoms. The molecule has 1 N–H and O–H groups in total. The summed E-state index contributed by atoms with van der Waals surface area (Å²) in [5.74, 6) is 0.594. The fraction of sp³-hybridized carbons (Fsp3) is 0.476. The molecule has 0 aromatic heterocycles. The van der Waals surface area contributed by atoms with Gasteiger partial charge in [0.2, 0.25) is 0 Å². The normalized spacial score (nSPS) is 21.8. The van der Waals surface area contributed by atoms with Gasteiger partial charge in [0.1, 0.15) is 11.6 Å². The number of rotatable bonds is 7. The van der Waals surface area contributed by atoms with Crippen LogP contribution in [-0.4, -0.2) is 18.1 Å². The molecule has 0 aliphatic heterocycles. The Labute approximate surface area is 169 Å². The second-order valence-electron chi connectivity index (χ2n) is 7.16. The van der Waals surface area contributed by atoms with Gasteiger partial charge in [0, 0.05) is 17.0 Å². The van der Waals surface area contributed by atoms with Crippen LogP contribution in [0.2, 0.25) is 10.0 Å². The van der Waals surface area contributed by atoms with Gasteiger partial charge in [-0.25, -0.2) is 4.39 Å². The van der Waals surface area contributed by atoms with Crippen LogP contribution in [-0.2, 0) is 4.79 Å². The lowest BCUT2D eigenvalue weighted by atomic mass is 9.73. The Morgan fingerprint density at radius 1 is 1.37 bits per heavy atom. The van der Waals surface area contributed by atoms with Crippen LogP contribution >= 0.6 is 23.2 Å². The number of carbonyl (C=O) groups excluding carboxylic acids is 1. The number of ether oxygens (including phenoxy) is 1. The van der Waals surface area contributed by atoms with Gasteiger partial charge >= 0.3 is 0 Å². The van der Waals surface area contributed by atoms with Crippen LogP contribution < -0.4 is 10.1 Å². The molecule has 1 fully saturated rings. The molecule has 2 aliphatic carbocycles. The van der Waals surface area contributed by atoms with Gasteiger partial charge in [-0.15, -0.1) is 0 Å². The summed E-state index contributed by atoms with van der Waals surface area (Å²) in [6, 6.07) is 4.93. The molecule has 2 aliphatic rings. The summed E-state index contributed by atoms with van der Waals surface area (Å²) in [6.07, 6.45) is 8.76. The Morgan fingerprint density at radius 2 is 2.15 bits per heavy atom. The first-order chi connectivity index (χ1) is 13.0. The highest BCUT2D eigenvalue weighted by Crippen LogP contribution is 2.36. The fourth-order valence-electron chi connectivity index (χ4n) is 3.55. The van der Waals surface area contributed by atoms with E-state index in [1.165, 1.54) is 12.5 Å². The Balaban J connectivity index is 1.68. The first-order valence-corrected chi connectivity index (χ1v) is 10.2. The third kappa shape index (κ3) is 5.05. The van der Waals surface area contributed by atoms with Crippen molar-refractivity contribution in [2.75, 3.05) is 0 Å². The quantitative estimate of drug-likeness (QED) is 0.609. The maximum atomic E-state index is 13.3. The number of benzene rings is 1. The lowest BCUT2D eigenvalue weighted by molar-refractivity contribution is -0.129. The van der Waals surface area contributed by atoms with E-state index >= 15 is 0 Å². The van der Waals surface area contributed by atoms with Gasteiger partial charge in [-0.3, -0.25) is 4.79 Å². The second-order valence-corrected chi connectivity index (χ2v) is 8.01. The Kier molecular flexibility index (Phi) is 6.83. The summed E-state index contributed by atoms with van der Waals surface area (Å²) >= 11 is 12.1. The molecule has 1 aromatic rings. The van der Waals surface area contributed by atoms with Crippen LogP contribution in [0.5, 0.6) is 5.75 Å². The topological polar surface area (TPSA) is 38.3 Å². The van der Waals surface area contributed by atoms with Crippen molar-refractivity contribution in [3.05, 3.63) is 52.3 Å². The van der Waals surface area contributed by atoms with E-state index in [1.807, 2.05) is 13.0 Å². The molecule has 3 atom stereocenters. The summed E-state index contributed by atoms with van der Waals surface area (Å²) in [5.41, 5.74) is 0. The maximum Gasteiger partial charge on any atom is 0.261 e. The van der Waals surface area contributed by atoms with Crippen LogP contribution in [0, 0.1) is 11.8 Å². The molecule has 1 aromatic carbocycles. The van der Waals surface area contributed by atoms with E-state index in [0.717, 1.165) is 12.8 Å². The van der Waals surface area contributed by atoms with E-state index in [0.29, 0.717) is 34.6 Å². The van der Waals surface area contributed by atoms with Gasteiger partial charge in [-0.05, 0) is 62.0 Å². The molecule has 6 heteroatoms. The molecular formula is C21H24Cl2FNO2. The monoisotopic (exact) mass is 411 g/mol. The van der Waals surface area contributed by atoms with Crippen molar-refractivity contribution >= 4 is 29.1 Å². The lowest BCUT2D eigenvalue weighted by Crippen LogP contribution is -2.51. The number of hydrogen-bond donors (Lipinski definition) is 1. The molecule has 1 saturated carbocycles. The van der Waals surface area contributed by atoms with E-state index in [9.17, 15) is 9.18 Å². The molecule has 0 spiro atoms. The third-order valence-corrected chi connectivity index (χ3v) is 5.87. The van der Waals surface area contributed by atoms with E-state index in [1.54, 1.807) is 24.3 Å². The minimum Gasteiger partial charge on any atom is -0.479 e. The highest BCUT2D eigenvalue weighted by atomic mass is 35.5. The van der Waals surface area contributed by atoms with Crippen molar-refractivity contribution in [3.63, 3.8) is 0 Å². The van der Waals surface area contributed by atoms with Crippen LogP contribution in [0.25, 0.3) is 0 Å². The molecule has 0 heterocycles. The van der Waals surface area contributed by atoms with Crippen LogP contribution in [0.1, 0.15) is 39.0 Å². The number of carbonyl (C=O) groups is 1. The zero-order valence-electron chi connectivity index (χ0n) is 15.3. The molecule has 27 heavy (non-hydrogen) atoms. The molecule has 0 saturated heterocycles. The summed E-state index contributed by atoms with van der Waals surface area (Å²) in [6.45, 7) is 1.89. The smallest absolute Gasteiger partial charge is 0.261 e. The van der Waals surface area contributed by atoms with Crippen LogP contribution in [0.4, 0.5) is 4.39 Å². The third-order valence-electron chi connectivity index (χ3n) is 5.34. The minimum absolute atomic E-state index is 0.00908. The number of amides is 1. The highest BCUT2D eigenvalue weighted by Gasteiger charge is 2.35. The number of nitrogens with one attached hydrogen (secondary N) is 1. The van der Waals surface area contributed by atoms with Crippen molar-refractivity contribution in [3.8, 4) is 5.75 Å². The van der Waals surface area contributed by atoms with Gasteiger partial charge in [0.15, 0.2) is 6.10 Å². The maximum absolute atomic E-state index is 13.3. The van der Waals surface area contributed by atoms with E-state index in [2.05, 4.69) is 5.32 Å². The van der Waals surface area contributed by atoms with E-state index in [-0.39, 0.29) is 23.7 Å². The van der Waals surface area contributed by atoms with Gasteiger partial charge in [0.05, 0.1) is 5.02 Å². The molecule has 146 valence electrons. The minimum atomic E-state index is -0.647. The van der Waals surface area contributed by atoms with Crippen LogP contribution in [0.3, 0.4) is 0 Å². The number of hydrogen-bond acceptors (Lipinski definition) is 2. The number of halogens is 3. The standard InChI is InChI=1S/C21H24Cl2FNO2/c1-2-18(27-19-11-8-15(22)12-17(19)23)21(26)25-20(13-4-3-5-13)14-6-9-16(24)10-7-14/h6,8-14,18,20H,2-5,7H2,1H3,(H,25,26). The molecule has 3 rings (SSSR count). The van der Waals surface area contributed by atoms with Crippen molar-refractivity contribution in [2.24, 2.45) is 11.8 Å². The van der Waals surface area contributed by atoms with Gasteiger partial charge in [-0.1, -0.05) is 42.6 Å². The molecular weight excluding hydrogens is 388 g/mol. The first-order valence-electron chi connectivity index (χ1n) is 9.44. The zero-order chi connectivity index (χ0) is 19.4. The average Bonchev–Trinajstić information content (AvgIpc) is 2.59.